The van der Waals surface area contributed by atoms with E-state index in [0.29, 0.717) is 11.3 Å². The predicted octanol–water partition coefficient (Wildman–Crippen LogP) is 1.67. The molecule has 1 fully saturated rings. The maximum atomic E-state index is 13.4. The van der Waals surface area contributed by atoms with Gasteiger partial charge in [-0.1, -0.05) is 30.3 Å². The highest BCUT2D eigenvalue weighted by molar-refractivity contribution is 5.84. The molecule has 36 heavy (non-hydrogen) atoms. The molecule has 1 saturated heterocycles. The minimum absolute atomic E-state index is 0.0588. The first-order chi connectivity index (χ1) is 17.0. The molecule has 0 spiro atoms. The van der Waals surface area contributed by atoms with Crippen molar-refractivity contribution in [1.29, 1.82) is 0 Å². The number of aromatic nitrogens is 2. The van der Waals surface area contributed by atoms with Crippen molar-refractivity contribution in [1.82, 2.24) is 30.0 Å². The van der Waals surface area contributed by atoms with Gasteiger partial charge < -0.3 is 26.0 Å². The molecule has 0 aliphatic carbocycles. The SMILES string of the molecule is CC(C)(C)N(C[C@@H]1c2nn(C(=O)NCC(N)=O)cc2[C@H]2CN1C(=O)N2OCc1ccccc1)C(=O)O. The number of nitrogens with zero attached hydrogens (tertiary/aromatic N) is 5. The van der Waals surface area contributed by atoms with Crippen LogP contribution in [0.2, 0.25) is 0 Å². The molecule has 13 heteroatoms. The van der Waals surface area contributed by atoms with Crippen molar-refractivity contribution in [2.75, 3.05) is 19.6 Å². The molecule has 2 bridgehead atoms. The Labute approximate surface area is 207 Å². The van der Waals surface area contributed by atoms with E-state index in [4.69, 9.17) is 10.6 Å². The third kappa shape index (κ3) is 4.82. The summed E-state index contributed by atoms with van der Waals surface area (Å²) in [6, 6.07) is 6.94. The smallest absolute Gasteiger partial charge is 0.407 e. The molecular weight excluding hydrogens is 470 g/mol. The summed E-state index contributed by atoms with van der Waals surface area (Å²) in [6.07, 6.45) is 0.328. The van der Waals surface area contributed by atoms with Crippen molar-refractivity contribution in [2.24, 2.45) is 5.73 Å². The topological polar surface area (TPSA) is 163 Å². The quantitative estimate of drug-likeness (QED) is 0.521. The second-order valence-electron chi connectivity index (χ2n) is 9.65. The summed E-state index contributed by atoms with van der Waals surface area (Å²) >= 11 is 0. The van der Waals surface area contributed by atoms with Gasteiger partial charge in [0.15, 0.2) is 0 Å². The Morgan fingerprint density at radius 3 is 2.56 bits per heavy atom. The normalized spacial score (nSPS) is 18.7. The fourth-order valence-corrected chi connectivity index (χ4v) is 4.36. The summed E-state index contributed by atoms with van der Waals surface area (Å²) in [5, 5.41) is 17.9. The monoisotopic (exact) mass is 499 g/mol. The van der Waals surface area contributed by atoms with Crippen LogP contribution in [0.25, 0.3) is 0 Å². The lowest BCUT2D eigenvalue weighted by Gasteiger charge is -2.38. The van der Waals surface area contributed by atoms with Gasteiger partial charge >= 0.3 is 18.2 Å². The van der Waals surface area contributed by atoms with Gasteiger partial charge in [-0.25, -0.2) is 14.4 Å². The lowest BCUT2D eigenvalue weighted by molar-refractivity contribution is -0.141. The molecule has 13 nitrogen and oxygen atoms in total. The van der Waals surface area contributed by atoms with Crippen LogP contribution < -0.4 is 11.1 Å². The summed E-state index contributed by atoms with van der Waals surface area (Å²) in [5.41, 5.74) is 6.17. The van der Waals surface area contributed by atoms with Crippen LogP contribution in [0, 0.1) is 0 Å². The van der Waals surface area contributed by atoms with Crippen LogP contribution >= 0.6 is 0 Å². The third-order valence-electron chi connectivity index (χ3n) is 6.14. The highest BCUT2D eigenvalue weighted by Gasteiger charge is 2.51. The van der Waals surface area contributed by atoms with Gasteiger partial charge in [-0.2, -0.15) is 14.8 Å². The number of fused-ring (bicyclic) bond motifs is 4. The number of hydrogen-bond donors (Lipinski definition) is 3. The Bertz CT molecular complexity index is 1180. The number of hydroxylamine groups is 2. The highest BCUT2D eigenvalue weighted by Crippen LogP contribution is 2.44. The third-order valence-corrected chi connectivity index (χ3v) is 6.14. The summed E-state index contributed by atoms with van der Waals surface area (Å²) in [6.45, 7) is 5.21. The molecule has 4 rings (SSSR count). The molecule has 2 aromatic rings. The maximum absolute atomic E-state index is 13.4. The van der Waals surface area contributed by atoms with Crippen molar-refractivity contribution in [2.45, 2.75) is 45.0 Å². The molecule has 5 amide bonds. The van der Waals surface area contributed by atoms with Crippen molar-refractivity contribution in [3.05, 3.63) is 53.3 Å². The minimum atomic E-state index is -1.14. The zero-order chi connectivity index (χ0) is 26.2. The van der Waals surface area contributed by atoms with Gasteiger partial charge in [-0.05, 0) is 26.3 Å². The molecule has 0 unspecified atom stereocenters. The van der Waals surface area contributed by atoms with Gasteiger partial charge in [0, 0.05) is 17.3 Å². The Hall–Kier alpha value is -4.13. The van der Waals surface area contributed by atoms with Crippen LogP contribution in [0.15, 0.2) is 36.5 Å². The van der Waals surface area contributed by atoms with E-state index >= 15 is 0 Å². The largest absolute Gasteiger partial charge is 0.465 e. The zero-order valence-corrected chi connectivity index (χ0v) is 20.2. The molecule has 192 valence electrons. The summed E-state index contributed by atoms with van der Waals surface area (Å²) in [7, 11) is 0. The van der Waals surface area contributed by atoms with E-state index in [1.165, 1.54) is 21.1 Å². The number of hydrogen-bond acceptors (Lipinski definition) is 6. The van der Waals surface area contributed by atoms with Gasteiger partial charge in [-0.15, -0.1) is 0 Å². The molecule has 2 aliphatic heterocycles. The Balaban J connectivity index is 1.68. The first kappa shape index (κ1) is 25.0. The number of nitrogens with one attached hydrogen (secondary N) is 1. The molecule has 4 N–H and O–H groups in total. The van der Waals surface area contributed by atoms with Crippen LogP contribution in [-0.4, -0.2) is 79.0 Å². The number of rotatable bonds is 7. The van der Waals surface area contributed by atoms with Gasteiger partial charge in [-0.3, -0.25) is 9.63 Å². The molecule has 0 saturated carbocycles. The number of carboxylic acid groups (broad SMARTS) is 1. The van der Waals surface area contributed by atoms with Crippen molar-refractivity contribution >= 4 is 24.1 Å². The fraction of sp³-hybridized carbons (Fsp3) is 0.435. The van der Waals surface area contributed by atoms with Crippen molar-refractivity contribution < 1.29 is 29.1 Å². The summed E-state index contributed by atoms with van der Waals surface area (Å²) in [5.74, 6) is -0.711. The van der Waals surface area contributed by atoms with Crippen molar-refractivity contribution in [3.8, 4) is 0 Å². The molecule has 1 aromatic heterocycles. The van der Waals surface area contributed by atoms with E-state index in [9.17, 15) is 24.3 Å². The summed E-state index contributed by atoms with van der Waals surface area (Å²) in [4.78, 5) is 57.7. The van der Waals surface area contributed by atoms with Gasteiger partial charge in [0.05, 0.1) is 31.4 Å². The first-order valence-corrected chi connectivity index (χ1v) is 11.4. The van der Waals surface area contributed by atoms with E-state index < -0.39 is 41.7 Å². The van der Waals surface area contributed by atoms with Crippen LogP contribution in [0.4, 0.5) is 14.4 Å². The van der Waals surface area contributed by atoms with E-state index in [0.717, 1.165) is 10.2 Å². The number of carbonyl (C=O) groups excluding carboxylic acids is 3. The number of nitrogens with two attached hydrogens (primary N) is 1. The lowest BCUT2D eigenvalue weighted by atomic mass is 9.96. The molecule has 3 heterocycles. The average Bonchev–Trinajstić information content (AvgIpc) is 3.37. The fourth-order valence-electron chi connectivity index (χ4n) is 4.36. The average molecular weight is 500 g/mol. The minimum Gasteiger partial charge on any atom is -0.465 e. The number of amides is 5. The lowest BCUT2D eigenvalue weighted by Crippen LogP contribution is -2.50. The maximum Gasteiger partial charge on any atom is 0.407 e. The molecule has 1 aromatic carbocycles. The number of primary amides is 1. The van der Waals surface area contributed by atoms with Gasteiger partial charge in [0.25, 0.3) is 0 Å². The molecule has 2 atom stereocenters. The van der Waals surface area contributed by atoms with Crippen LogP contribution in [0.1, 0.15) is 49.7 Å². The number of urea groups is 1. The van der Waals surface area contributed by atoms with E-state index in [2.05, 4.69) is 10.4 Å². The Morgan fingerprint density at radius 2 is 1.94 bits per heavy atom. The predicted molar refractivity (Wildman–Crippen MR) is 125 cm³/mol. The van der Waals surface area contributed by atoms with Crippen LogP contribution in [-0.2, 0) is 16.2 Å². The highest BCUT2D eigenvalue weighted by atomic mass is 16.7. The number of carbonyl (C=O) groups is 4. The first-order valence-electron chi connectivity index (χ1n) is 11.4. The summed E-state index contributed by atoms with van der Waals surface area (Å²) < 4.78 is 1.03. The second kappa shape index (κ2) is 9.49. The van der Waals surface area contributed by atoms with Crippen LogP contribution in [0.3, 0.4) is 0 Å². The van der Waals surface area contributed by atoms with E-state index in [1.807, 2.05) is 30.3 Å². The Kier molecular flexibility index (Phi) is 6.59. The molecular formula is C23H29N7O6. The standard InChI is InChI=1S/C23H29N7O6/c1-23(2,3)28(22(34)35)12-17-19-15(10-29(26-19)20(32)25-9-18(24)31)16-11-27(17)21(33)30(16)36-13-14-7-5-4-6-8-14/h4-8,10,16-17H,9,11-13H2,1-3H3,(H2,24,31)(H,25,32)(H,34,35)/t16-,17-/m1/s1. The van der Waals surface area contributed by atoms with Gasteiger partial charge in [0.1, 0.15) is 12.6 Å². The molecule has 2 aliphatic rings. The van der Waals surface area contributed by atoms with E-state index in [1.54, 1.807) is 20.8 Å². The van der Waals surface area contributed by atoms with E-state index in [-0.39, 0.29) is 26.2 Å². The number of benzene rings is 1. The molecule has 0 radical (unpaired) electrons. The Morgan fingerprint density at radius 1 is 1.25 bits per heavy atom. The van der Waals surface area contributed by atoms with Gasteiger partial charge in [0.2, 0.25) is 5.91 Å². The van der Waals surface area contributed by atoms with Crippen molar-refractivity contribution in [3.63, 3.8) is 0 Å². The second-order valence-corrected chi connectivity index (χ2v) is 9.65. The zero-order valence-electron chi connectivity index (χ0n) is 20.2. The van der Waals surface area contributed by atoms with Crippen LogP contribution in [0.5, 0.6) is 0 Å².